The van der Waals surface area contributed by atoms with Crippen LogP contribution in [0.25, 0.3) is 0 Å². The summed E-state index contributed by atoms with van der Waals surface area (Å²) in [6, 6.07) is 7.67. The predicted molar refractivity (Wildman–Crippen MR) is 87.1 cm³/mol. The van der Waals surface area contributed by atoms with Crippen molar-refractivity contribution >= 4 is 17.5 Å². The Morgan fingerprint density at radius 3 is 2.57 bits per heavy atom. The second-order valence-corrected chi connectivity index (χ2v) is 6.69. The van der Waals surface area contributed by atoms with E-state index in [1.807, 2.05) is 31.3 Å². The van der Waals surface area contributed by atoms with Gasteiger partial charge >= 0.3 is 0 Å². The van der Waals surface area contributed by atoms with Crippen molar-refractivity contribution in [2.45, 2.75) is 45.1 Å². The molecule has 1 fully saturated rings. The molecule has 0 bridgehead atoms. The van der Waals surface area contributed by atoms with Crippen molar-refractivity contribution in [1.29, 1.82) is 0 Å². The summed E-state index contributed by atoms with van der Waals surface area (Å²) in [6.45, 7) is 1.16. The molecule has 0 aromatic heterocycles. The first kappa shape index (κ1) is 16.3. The number of carbonyl (C=O) groups excluding carboxylic acids is 1. The number of nitrogens with zero attached hydrogens (tertiary/aromatic N) is 1. The Bertz CT molecular complexity index is 483. The fraction of sp³-hybridized carbons (Fsp3) is 0.588. The highest BCUT2D eigenvalue weighted by Crippen LogP contribution is 2.38. The van der Waals surface area contributed by atoms with Gasteiger partial charge < -0.3 is 10.6 Å². The van der Waals surface area contributed by atoms with Gasteiger partial charge in [0.1, 0.15) is 0 Å². The number of halogens is 1. The van der Waals surface area contributed by atoms with Gasteiger partial charge in [0.2, 0.25) is 5.91 Å². The van der Waals surface area contributed by atoms with E-state index in [-0.39, 0.29) is 11.3 Å². The standard InChI is InChI=1S/C17H25ClN2O/c1-20(12-14-7-3-4-8-15(14)18)16(21)11-17(13-19)9-5-2-6-10-17/h3-4,7-8H,2,5-6,9-13,19H2,1H3. The Morgan fingerprint density at radius 1 is 1.29 bits per heavy atom. The van der Waals surface area contributed by atoms with E-state index < -0.39 is 0 Å². The first-order valence-electron chi connectivity index (χ1n) is 7.74. The molecular weight excluding hydrogens is 284 g/mol. The van der Waals surface area contributed by atoms with Crippen molar-refractivity contribution in [3.63, 3.8) is 0 Å². The van der Waals surface area contributed by atoms with Gasteiger partial charge in [-0.1, -0.05) is 49.1 Å². The maximum atomic E-state index is 12.5. The van der Waals surface area contributed by atoms with Crippen molar-refractivity contribution in [1.82, 2.24) is 4.90 Å². The molecule has 1 aliphatic rings. The van der Waals surface area contributed by atoms with E-state index in [2.05, 4.69) is 0 Å². The van der Waals surface area contributed by atoms with Crippen molar-refractivity contribution in [3.05, 3.63) is 34.9 Å². The number of amides is 1. The summed E-state index contributed by atoms with van der Waals surface area (Å²) in [5.41, 5.74) is 6.98. The summed E-state index contributed by atoms with van der Waals surface area (Å²) >= 11 is 6.16. The van der Waals surface area contributed by atoms with Gasteiger partial charge in [0, 0.05) is 25.0 Å². The van der Waals surface area contributed by atoms with Crippen molar-refractivity contribution in [2.75, 3.05) is 13.6 Å². The maximum Gasteiger partial charge on any atom is 0.223 e. The van der Waals surface area contributed by atoms with Gasteiger partial charge in [-0.15, -0.1) is 0 Å². The molecule has 116 valence electrons. The fourth-order valence-electron chi connectivity index (χ4n) is 3.18. The normalized spacial score (nSPS) is 17.5. The predicted octanol–water partition coefficient (Wildman–Crippen LogP) is 3.60. The molecule has 21 heavy (non-hydrogen) atoms. The minimum atomic E-state index is 0.0179. The van der Waals surface area contributed by atoms with Gasteiger partial charge in [0.25, 0.3) is 0 Å². The van der Waals surface area contributed by atoms with Gasteiger partial charge in [0.05, 0.1) is 0 Å². The molecule has 0 radical (unpaired) electrons. The van der Waals surface area contributed by atoms with Gasteiger partial charge in [-0.05, 0) is 36.4 Å². The summed E-state index contributed by atoms with van der Waals surface area (Å²) in [5, 5.41) is 0.711. The van der Waals surface area contributed by atoms with E-state index in [9.17, 15) is 4.79 Å². The van der Waals surface area contributed by atoms with E-state index in [4.69, 9.17) is 17.3 Å². The Balaban J connectivity index is 1.97. The highest BCUT2D eigenvalue weighted by Gasteiger charge is 2.33. The molecule has 1 aromatic carbocycles. The van der Waals surface area contributed by atoms with Crippen LogP contribution < -0.4 is 5.73 Å². The van der Waals surface area contributed by atoms with Crippen LogP contribution in [0.3, 0.4) is 0 Å². The molecule has 2 N–H and O–H groups in total. The number of hydrogen-bond acceptors (Lipinski definition) is 2. The third-order valence-corrected chi connectivity index (χ3v) is 5.03. The van der Waals surface area contributed by atoms with Gasteiger partial charge in [-0.25, -0.2) is 0 Å². The van der Waals surface area contributed by atoms with Crippen LogP contribution in [0, 0.1) is 5.41 Å². The van der Waals surface area contributed by atoms with Crippen molar-refractivity contribution in [2.24, 2.45) is 11.1 Å². The zero-order valence-electron chi connectivity index (χ0n) is 12.8. The smallest absolute Gasteiger partial charge is 0.223 e. The van der Waals surface area contributed by atoms with E-state index >= 15 is 0 Å². The van der Waals surface area contributed by atoms with Gasteiger partial charge in [-0.3, -0.25) is 4.79 Å². The SMILES string of the molecule is CN(Cc1ccccc1Cl)C(=O)CC1(CN)CCCCC1. The van der Waals surface area contributed by atoms with Crippen LogP contribution >= 0.6 is 11.6 Å². The van der Waals surface area contributed by atoms with Gasteiger partial charge in [-0.2, -0.15) is 0 Å². The van der Waals surface area contributed by atoms with Crippen LogP contribution in [-0.2, 0) is 11.3 Å². The first-order chi connectivity index (χ1) is 10.1. The number of nitrogens with two attached hydrogens (primary N) is 1. The molecule has 4 heteroatoms. The second-order valence-electron chi connectivity index (χ2n) is 6.28. The first-order valence-corrected chi connectivity index (χ1v) is 8.12. The van der Waals surface area contributed by atoms with E-state index in [0.717, 1.165) is 18.4 Å². The molecule has 1 saturated carbocycles. The summed E-state index contributed by atoms with van der Waals surface area (Å²) in [4.78, 5) is 14.3. The molecule has 2 rings (SSSR count). The molecule has 1 amide bonds. The van der Waals surface area contributed by atoms with Crippen LogP contribution in [0.4, 0.5) is 0 Å². The van der Waals surface area contributed by atoms with E-state index in [0.29, 0.717) is 24.5 Å². The molecule has 0 spiro atoms. The van der Waals surface area contributed by atoms with Gasteiger partial charge in [0.15, 0.2) is 0 Å². The Morgan fingerprint density at radius 2 is 1.95 bits per heavy atom. The number of carbonyl (C=O) groups is 1. The molecule has 0 unspecified atom stereocenters. The Kier molecular flexibility index (Phi) is 5.65. The van der Waals surface area contributed by atoms with Crippen LogP contribution in [0.2, 0.25) is 5.02 Å². The zero-order chi connectivity index (χ0) is 15.3. The third-order valence-electron chi connectivity index (χ3n) is 4.66. The minimum absolute atomic E-state index is 0.0179. The number of hydrogen-bond donors (Lipinski definition) is 1. The molecule has 1 aliphatic carbocycles. The zero-order valence-corrected chi connectivity index (χ0v) is 13.5. The fourth-order valence-corrected chi connectivity index (χ4v) is 3.38. The lowest BCUT2D eigenvalue weighted by Crippen LogP contribution is -2.39. The molecule has 1 aromatic rings. The lowest BCUT2D eigenvalue weighted by Gasteiger charge is -2.36. The van der Waals surface area contributed by atoms with Crippen LogP contribution in [0.15, 0.2) is 24.3 Å². The average Bonchev–Trinajstić information content (AvgIpc) is 2.50. The van der Waals surface area contributed by atoms with Crippen molar-refractivity contribution in [3.8, 4) is 0 Å². The minimum Gasteiger partial charge on any atom is -0.341 e. The lowest BCUT2D eigenvalue weighted by molar-refractivity contribution is -0.133. The summed E-state index contributed by atoms with van der Waals surface area (Å²) in [7, 11) is 1.85. The molecular formula is C17H25ClN2O. The third kappa shape index (κ3) is 4.21. The summed E-state index contributed by atoms with van der Waals surface area (Å²) in [5.74, 6) is 0.169. The second kappa shape index (κ2) is 7.28. The topological polar surface area (TPSA) is 46.3 Å². The molecule has 3 nitrogen and oxygen atoms in total. The van der Waals surface area contributed by atoms with Crippen molar-refractivity contribution < 1.29 is 4.79 Å². The quantitative estimate of drug-likeness (QED) is 0.903. The van der Waals surface area contributed by atoms with E-state index in [1.165, 1.54) is 19.3 Å². The largest absolute Gasteiger partial charge is 0.341 e. The summed E-state index contributed by atoms with van der Waals surface area (Å²) in [6.07, 6.45) is 6.37. The van der Waals surface area contributed by atoms with Crippen LogP contribution in [-0.4, -0.2) is 24.4 Å². The number of benzene rings is 1. The molecule has 0 saturated heterocycles. The lowest BCUT2D eigenvalue weighted by atomic mass is 9.71. The van der Waals surface area contributed by atoms with Crippen LogP contribution in [0.5, 0.6) is 0 Å². The Hall–Kier alpha value is -1.06. The average molecular weight is 309 g/mol. The maximum absolute atomic E-state index is 12.5. The highest BCUT2D eigenvalue weighted by molar-refractivity contribution is 6.31. The molecule has 0 aliphatic heterocycles. The highest BCUT2D eigenvalue weighted by atomic mass is 35.5. The Labute approximate surface area is 132 Å². The van der Waals surface area contributed by atoms with Crippen LogP contribution in [0.1, 0.15) is 44.1 Å². The van der Waals surface area contributed by atoms with E-state index in [1.54, 1.807) is 4.90 Å². The monoisotopic (exact) mass is 308 g/mol. The molecule has 0 atom stereocenters. The molecule has 0 heterocycles. The number of rotatable bonds is 5. The summed E-state index contributed by atoms with van der Waals surface area (Å²) < 4.78 is 0.